The molecule has 66 valence electrons. The quantitative estimate of drug-likeness (QED) is 0.753. The van der Waals surface area contributed by atoms with Crippen LogP contribution >= 0.6 is 11.6 Å². The third-order valence-corrected chi connectivity index (χ3v) is 1.81. The fraction of sp³-hybridized carbons (Fsp3) is 0. The molecule has 0 amide bonds. The van der Waals surface area contributed by atoms with Crippen LogP contribution in [-0.4, -0.2) is 20.1 Å². The van der Waals surface area contributed by atoms with Crippen LogP contribution in [0.3, 0.4) is 0 Å². The second-order valence-corrected chi connectivity index (χ2v) is 2.89. The minimum absolute atomic E-state index is 0.0978. The monoisotopic (exact) mass is 195 g/mol. The first kappa shape index (κ1) is 8.07. The lowest BCUT2D eigenvalue weighted by atomic mass is 10.3. The van der Waals surface area contributed by atoms with Crippen molar-refractivity contribution in [3.63, 3.8) is 0 Å². The number of phenolic OH excluding ortho intramolecular Hbond substituents is 1. The molecular weight excluding hydrogens is 190 g/mol. The van der Waals surface area contributed by atoms with Crippen LogP contribution in [0.2, 0.25) is 5.02 Å². The average Bonchev–Trinajstić information content (AvgIpc) is 2.61. The molecular formula is C8H6ClN3O. The molecule has 1 N–H and O–H groups in total. The molecule has 0 unspecified atom stereocenters. The molecule has 1 heterocycles. The smallest absolute Gasteiger partial charge is 0.143 e. The number of rotatable bonds is 1. The molecule has 0 atom stereocenters. The lowest BCUT2D eigenvalue weighted by molar-refractivity contribution is 0.467. The van der Waals surface area contributed by atoms with E-state index in [1.807, 2.05) is 0 Å². The summed E-state index contributed by atoms with van der Waals surface area (Å²) >= 11 is 5.75. The maximum atomic E-state index is 9.45. The molecule has 0 bridgehead atoms. The van der Waals surface area contributed by atoms with Crippen LogP contribution in [0.4, 0.5) is 0 Å². The second kappa shape index (κ2) is 3.06. The summed E-state index contributed by atoms with van der Waals surface area (Å²) in [5, 5.41) is 17.7. The van der Waals surface area contributed by atoms with Gasteiger partial charge in [-0.3, -0.25) is 0 Å². The Kier molecular flexibility index (Phi) is 1.90. The third-order valence-electron chi connectivity index (χ3n) is 1.57. The molecule has 0 saturated heterocycles. The van der Waals surface area contributed by atoms with E-state index < -0.39 is 0 Å². The highest BCUT2D eigenvalue weighted by Gasteiger charge is 2.04. The van der Waals surface area contributed by atoms with Gasteiger partial charge in [-0.15, -0.1) is 4.80 Å². The van der Waals surface area contributed by atoms with Gasteiger partial charge in [-0.05, 0) is 18.2 Å². The van der Waals surface area contributed by atoms with Gasteiger partial charge in [-0.1, -0.05) is 11.6 Å². The first-order chi connectivity index (χ1) is 6.27. The van der Waals surface area contributed by atoms with Gasteiger partial charge in [0.05, 0.1) is 12.4 Å². The Labute approximate surface area is 79.4 Å². The van der Waals surface area contributed by atoms with Gasteiger partial charge in [-0.25, -0.2) is 0 Å². The van der Waals surface area contributed by atoms with Crippen molar-refractivity contribution >= 4 is 11.6 Å². The van der Waals surface area contributed by atoms with Crippen LogP contribution in [0.15, 0.2) is 30.6 Å². The summed E-state index contributed by atoms with van der Waals surface area (Å²) < 4.78 is 0. The first-order valence-corrected chi connectivity index (χ1v) is 4.00. The van der Waals surface area contributed by atoms with E-state index in [4.69, 9.17) is 11.6 Å². The fourth-order valence-corrected chi connectivity index (χ4v) is 1.16. The van der Waals surface area contributed by atoms with Gasteiger partial charge >= 0.3 is 0 Å². The van der Waals surface area contributed by atoms with E-state index in [0.717, 1.165) is 0 Å². The number of phenols is 1. The van der Waals surface area contributed by atoms with Crippen LogP contribution in [0.1, 0.15) is 0 Å². The highest BCUT2D eigenvalue weighted by Crippen LogP contribution is 2.23. The van der Waals surface area contributed by atoms with E-state index in [-0.39, 0.29) is 5.75 Å². The largest absolute Gasteiger partial charge is 0.506 e. The zero-order chi connectivity index (χ0) is 9.26. The molecule has 2 rings (SSSR count). The number of hydrogen-bond donors (Lipinski definition) is 1. The Bertz CT molecular complexity index is 413. The van der Waals surface area contributed by atoms with E-state index in [1.165, 1.54) is 23.3 Å². The highest BCUT2D eigenvalue weighted by molar-refractivity contribution is 6.30. The maximum Gasteiger partial charge on any atom is 0.143 e. The van der Waals surface area contributed by atoms with Crippen molar-refractivity contribution in [1.82, 2.24) is 15.0 Å². The van der Waals surface area contributed by atoms with Crippen LogP contribution in [0, 0.1) is 0 Å². The number of aromatic hydroxyl groups is 1. The molecule has 2 aromatic rings. The molecule has 13 heavy (non-hydrogen) atoms. The van der Waals surface area contributed by atoms with Crippen molar-refractivity contribution in [2.45, 2.75) is 0 Å². The molecule has 0 spiro atoms. The number of hydrogen-bond acceptors (Lipinski definition) is 3. The maximum absolute atomic E-state index is 9.45. The summed E-state index contributed by atoms with van der Waals surface area (Å²) in [4.78, 5) is 1.31. The van der Waals surface area contributed by atoms with Crippen LogP contribution in [0.25, 0.3) is 5.69 Å². The normalized spacial score (nSPS) is 10.2. The lowest BCUT2D eigenvalue weighted by Crippen LogP contribution is -1.98. The molecule has 0 aliphatic carbocycles. The average molecular weight is 196 g/mol. The van der Waals surface area contributed by atoms with Gasteiger partial charge in [0.15, 0.2) is 0 Å². The zero-order valence-corrected chi connectivity index (χ0v) is 7.31. The van der Waals surface area contributed by atoms with Crippen molar-refractivity contribution in [1.29, 1.82) is 0 Å². The van der Waals surface area contributed by atoms with Gasteiger partial charge in [0.1, 0.15) is 11.4 Å². The Morgan fingerprint density at radius 2 is 1.92 bits per heavy atom. The molecule has 0 aliphatic rings. The Morgan fingerprint density at radius 1 is 1.23 bits per heavy atom. The van der Waals surface area contributed by atoms with E-state index in [0.29, 0.717) is 10.7 Å². The van der Waals surface area contributed by atoms with Crippen molar-refractivity contribution in [2.24, 2.45) is 0 Å². The van der Waals surface area contributed by atoms with Crippen molar-refractivity contribution in [2.75, 3.05) is 0 Å². The van der Waals surface area contributed by atoms with Crippen molar-refractivity contribution in [3.05, 3.63) is 35.6 Å². The van der Waals surface area contributed by atoms with E-state index in [1.54, 1.807) is 12.1 Å². The van der Waals surface area contributed by atoms with Gasteiger partial charge < -0.3 is 5.11 Å². The van der Waals surface area contributed by atoms with E-state index in [2.05, 4.69) is 10.2 Å². The predicted octanol–water partition coefficient (Wildman–Crippen LogP) is 1.63. The van der Waals surface area contributed by atoms with Gasteiger partial charge in [0.2, 0.25) is 0 Å². The minimum Gasteiger partial charge on any atom is -0.506 e. The second-order valence-electron chi connectivity index (χ2n) is 2.45. The molecule has 0 aliphatic heterocycles. The summed E-state index contributed by atoms with van der Waals surface area (Å²) in [5.41, 5.74) is 0.470. The Balaban J connectivity index is 2.57. The zero-order valence-electron chi connectivity index (χ0n) is 6.55. The molecule has 1 aromatic heterocycles. The van der Waals surface area contributed by atoms with Gasteiger partial charge in [-0.2, -0.15) is 10.2 Å². The molecule has 0 saturated carbocycles. The molecule has 0 radical (unpaired) electrons. The molecule has 0 fully saturated rings. The topological polar surface area (TPSA) is 50.9 Å². The summed E-state index contributed by atoms with van der Waals surface area (Å²) in [6.45, 7) is 0. The van der Waals surface area contributed by atoms with E-state index >= 15 is 0 Å². The first-order valence-electron chi connectivity index (χ1n) is 3.62. The molecule has 1 aromatic carbocycles. The Hall–Kier alpha value is -1.55. The number of halogens is 1. The van der Waals surface area contributed by atoms with Gasteiger partial charge in [0, 0.05) is 5.02 Å². The van der Waals surface area contributed by atoms with Gasteiger partial charge in [0.25, 0.3) is 0 Å². The number of nitrogens with zero attached hydrogens (tertiary/aromatic N) is 3. The highest BCUT2D eigenvalue weighted by atomic mass is 35.5. The fourth-order valence-electron chi connectivity index (χ4n) is 0.997. The summed E-state index contributed by atoms with van der Waals surface area (Å²) in [5.74, 6) is 0.0978. The number of aromatic nitrogens is 3. The Morgan fingerprint density at radius 3 is 2.62 bits per heavy atom. The third kappa shape index (κ3) is 1.48. The minimum atomic E-state index is 0.0978. The number of benzene rings is 1. The van der Waals surface area contributed by atoms with Crippen LogP contribution in [-0.2, 0) is 0 Å². The van der Waals surface area contributed by atoms with Crippen molar-refractivity contribution < 1.29 is 5.11 Å². The summed E-state index contributed by atoms with van der Waals surface area (Å²) in [6.07, 6.45) is 3.06. The lowest BCUT2D eigenvalue weighted by Gasteiger charge is -2.02. The molecule has 4 nitrogen and oxygen atoms in total. The van der Waals surface area contributed by atoms with Crippen LogP contribution < -0.4 is 0 Å². The molecule has 5 heteroatoms. The summed E-state index contributed by atoms with van der Waals surface area (Å²) in [7, 11) is 0. The summed E-state index contributed by atoms with van der Waals surface area (Å²) in [6, 6.07) is 4.70. The predicted molar refractivity (Wildman–Crippen MR) is 48.0 cm³/mol. The van der Waals surface area contributed by atoms with E-state index in [9.17, 15) is 5.11 Å². The standard InChI is InChI=1S/C8H6ClN3O/c9-6-1-2-8(13)7(5-6)12-10-3-4-11-12/h1-5,13H. The SMILES string of the molecule is Oc1ccc(Cl)cc1-n1nccn1. The van der Waals surface area contributed by atoms with Crippen LogP contribution in [0.5, 0.6) is 5.75 Å². The van der Waals surface area contributed by atoms with Crippen molar-refractivity contribution in [3.8, 4) is 11.4 Å².